The molecule has 5 heteroatoms. The van der Waals surface area contributed by atoms with Gasteiger partial charge in [-0.1, -0.05) is 23.2 Å². The maximum absolute atomic E-state index is 11.2. The average molecular weight is 273 g/mol. The smallest absolute Gasteiger partial charge is 0.330 e. The van der Waals surface area contributed by atoms with E-state index in [1.807, 2.05) is 0 Å². The second-order valence-electron chi connectivity index (χ2n) is 3.53. The highest BCUT2D eigenvalue weighted by Gasteiger charge is 2.20. The monoisotopic (exact) mass is 272 g/mol. The summed E-state index contributed by atoms with van der Waals surface area (Å²) in [5.74, 6) is 0.138. The molecule has 1 aliphatic rings. The van der Waals surface area contributed by atoms with E-state index >= 15 is 0 Å². The molecule has 0 radical (unpaired) electrons. The standard InChI is InChI=1S/C12H10Cl2O3/c1-16-10(15)6-7-4-5-17-12-8(7)2-3-9(13)11(12)14/h2-3,6H,4-5H2,1H3/b7-6+. The molecular weight excluding hydrogens is 263 g/mol. The summed E-state index contributed by atoms with van der Waals surface area (Å²) >= 11 is 11.9. The minimum atomic E-state index is -0.390. The summed E-state index contributed by atoms with van der Waals surface area (Å²) in [6.45, 7) is 0.468. The minimum Gasteiger partial charge on any atom is -0.491 e. The Hall–Kier alpha value is -1.19. The first-order valence-corrected chi connectivity index (χ1v) is 5.78. The number of halogens is 2. The number of carbonyl (C=O) groups is 1. The van der Waals surface area contributed by atoms with Gasteiger partial charge in [0.1, 0.15) is 10.8 Å². The van der Waals surface area contributed by atoms with Gasteiger partial charge in [0, 0.05) is 18.1 Å². The Morgan fingerprint density at radius 2 is 2.24 bits per heavy atom. The van der Waals surface area contributed by atoms with E-state index in [1.165, 1.54) is 13.2 Å². The number of fused-ring (bicyclic) bond motifs is 1. The first kappa shape index (κ1) is 12.3. The van der Waals surface area contributed by atoms with Gasteiger partial charge in [0.15, 0.2) is 0 Å². The van der Waals surface area contributed by atoms with Crippen molar-refractivity contribution >= 4 is 34.7 Å². The molecule has 1 aliphatic heterocycles. The van der Waals surface area contributed by atoms with Gasteiger partial charge in [-0.2, -0.15) is 0 Å². The molecule has 0 amide bonds. The number of ether oxygens (including phenoxy) is 2. The van der Waals surface area contributed by atoms with Gasteiger partial charge in [0.2, 0.25) is 0 Å². The number of hydrogen-bond acceptors (Lipinski definition) is 3. The van der Waals surface area contributed by atoms with Crippen LogP contribution in [0.2, 0.25) is 10.0 Å². The molecule has 0 bridgehead atoms. The van der Waals surface area contributed by atoms with Crippen LogP contribution in [0.1, 0.15) is 12.0 Å². The van der Waals surface area contributed by atoms with Crippen LogP contribution in [0.5, 0.6) is 5.75 Å². The van der Waals surface area contributed by atoms with Crippen molar-refractivity contribution in [3.8, 4) is 5.75 Å². The van der Waals surface area contributed by atoms with Crippen LogP contribution in [-0.2, 0) is 9.53 Å². The van der Waals surface area contributed by atoms with Crippen LogP contribution in [-0.4, -0.2) is 19.7 Å². The lowest BCUT2D eigenvalue weighted by Crippen LogP contribution is -2.10. The van der Waals surface area contributed by atoms with E-state index in [4.69, 9.17) is 27.9 Å². The average Bonchev–Trinajstić information content (AvgIpc) is 2.34. The molecule has 0 saturated heterocycles. The molecule has 90 valence electrons. The van der Waals surface area contributed by atoms with Crippen molar-refractivity contribution in [1.82, 2.24) is 0 Å². The van der Waals surface area contributed by atoms with Crippen molar-refractivity contribution in [3.63, 3.8) is 0 Å². The highest BCUT2D eigenvalue weighted by Crippen LogP contribution is 2.41. The van der Waals surface area contributed by atoms with Crippen LogP contribution in [0.4, 0.5) is 0 Å². The third-order valence-electron chi connectivity index (χ3n) is 2.51. The quantitative estimate of drug-likeness (QED) is 0.581. The number of esters is 1. The molecule has 1 heterocycles. The Morgan fingerprint density at radius 3 is 2.94 bits per heavy atom. The molecule has 3 nitrogen and oxygen atoms in total. The first-order chi connectivity index (χ1) is 8.13. The van der Waals surface area contributed by atoms with Crippen molar-refractivity contribution in [1.29, 1.82) is 0 Å². The van der Waals surface area contributed by atoms with E-state index in [1.54, 1.807) is 12.1 Å². The van der Waals surface area contributed by atoms with Crippen LogP contribution in [0.3, 0.4) is 0 Å². The van der Waals surface area contributed by atoms with Crippen LogP contribution < -0.4 is 4.74 Å². The van der Waals surface area contributed by atoms with Crippen molar-refractivity contribution in [2.24, 2.45) is 0 Å². The Kier molecular flexibility index (Phi) is 3.60. The fourth-order valence-corrected chi connectivity index (χ4v) is 2.04. The normalized spacial score (nSPS) is 16.3. The summed E-state index contributed by atoms with van der Waals surface area (Å²) in [7, 11) is 1.34. The summed E-state index contributed by atoms with van der Waals surface area (Å²) < 4.78 is 10.1. The van der Waals surface area contributed by atoms with E-state index in [0.29, 0.717) is 28.8 Å². The van der Waals surface area contributed by atoms with Gasteiger partial charge in [0.05, 0.1) is 18.7 Å². The van der Waals surface area contributed by atoms with Gasteiger partial charge in [0.25, 0.3) is 0 Å². The van der Waals surface area contributed by atoms with Gasteiger partial charge < -0.3 is 9.47 Å². The maximum Gasteiger partial charge on any atom is 0.330 e. The second kappa shape index (κ2) is 4.98. The van der Waals surface area contributed by atoms with Crippen LogP contribution in [0.25, 0.3) is 5.57 Å². The van der Waals surface area contributed by atoms with Gasteiger partial charge in [-0.25, -0.2) is 4.79 Å². The van der Waals surface area contributed by atoms with E-state index in [9.17, 15) is 4.79 Å². The molecule has 0 N–H and O–H groups in total. The van der Waals surface area contributed by atoms with Crippen LogP contribution in [0.15, 0.2) is 18.2 Å². The summed E-state index contributed by atoms with van der Waals surface area (Å²) in [4.78, 5) is 11.2. The molecule has 0 saturated carbocycles. The predicted molar refractivity (Wildman–Crippen MR) is 66.6 cm³/mol. The summed E-state index contributed by atoms with van der Waals surface area (Å²) in [5.41, 5.74) is 1.63. The molecule has 0 aromatic heterocycles. The fourth-order valence-electron chi connectivity index (χ4n) is 1.67. The third kappa shape index (κ3) is 2.40. The lowest BCUT2D eigenvalue weighted by molar-refractivity contribution is -0.134. The van der Waals surface area contributed by atoms with Crippen molar-refractivity contribution in [2.75, 3.05) is 13.7 Å². The maximum atomic E-state index is 11.2. The SMILES string of the molecule is COC(=O)/C=C1\CCOc2c1ccc(Cl)c2Cl. The second-order valence-corrected chi connectivity index (χ2v) is 4.31. The Morgan fingerprint density at radius 1 is 1.47 bits per heavy atom. The van der Waals surface area contributed by atoms with Gasteiger partial charge >= 0.3 is 5.97 Å². The number of methoxy groups -OCH3 is 1. The molecule has 0 spiro atoms. The van der Waals surface area contributed by atoms with E-state index in [-0.39, 0.29) is 5.97 Å². The molecule has 1 aromatic carbocycles. The molecular formula is C12H10Cl2O3. The molecule has 2 rings (SSSR count). The summed E-state index contributed by atoms with van der Waals surface area (Å²) in [6, 6.07) is 3.47. The van der Waals surface area contributed by atoms with E-state index in [0.717, 1.165) is 11.1 Å². The largest absolute Gasteiger partial charge is 0.491 e. The summed E-state index contributed by atoms with van der Waals surface area (Å²) in [6.07, 6.45) is 2.09. The number of benzene rings is 1. The van der Waals surface area contributed by atoms with Crippen molar-refractivity contribution < 1.29 is 14.3 Å². The van der Waals surface area contributed by atoms with Crippen molar-refractivity contribution in [3.05, 3.63) is 33.8 Å². The number of hydrogen-bond donors (Lipinski definition) is 0. The van der Waals surface area contributed by atoms with E-state index in [2.05, 4.69) is 4.74 Å². The van der Waals surface area contributed by atoms with E-state index < -0.39 is 0 Å². The van der Waals surface area contributed by atoms with Gasteiger partial charge in [-0.05, 0) is 17.7 Å². The minimum absolute atomic E-state index is 0.375. The number of rotatable bonds is 1. The molecule has 0 atom stereocenters. The highest BCUT2D eigenvalue weighted by molar-refractivity contribution is 6.43. The number of carbonyl (C=O) groups excluding carboxylic acids is 1. The highest BCUT2D eigenvalue weighted by atomic mass is 35.5. The molecule has 17 heavy (non-hydrogen) atoms. The lowest BCUT2D eigenvalue weighted by atomic mass is 9.99. The lowest BCUT2D eigenvalue weighted by Gasteiger charge is -2.21. The van der Waals surface area contributed by atoms with Crippen molar-refractivity contribution in [2.45, 2.75) is 6.42 Å². The van der Waals surface area contributed by atoms with Crippen LogP contribution >= 0.6 is 23.2 Å². The topological polar surface area (TPSA) is 35.5 Å². The Labute approximate surface area is 109 Å². The third-order valence-corrected chi connectivity index (χ3v) is 3.29. The molecule has 0 fully saturated rings. The predicted octanol–water partition coefficient (Wildman–Crippen LogP) is 3.33. The zero-order valence-electron chi connectivity index (χ0n) is 9.13. The van der Waals surface area contributed by atoms with Gasteiger partial charge in [-0.3, -0.25) is 0 Å². The molecule has 1 aromatic rings. The van der Waals surface area contributed by atoms with Crippen LogP contribution in [0, 0.1) is 0 Å². The zero-order chi connectivity index (χ0) is 12.4. The molecule has 0 unspecified atom stereocenters. The Balaban J connectivity index is 2.49. The Bertz CT molecular complexity index is 495. The van der Waals surface area contributed by atoms with Gasteiger partial charge in [-0.15, -0.1) is 0 Å². The summed E-state index contributed by atoms with van der Waals surface area (Å²) in [5, 5.41) is 0.810. The first-order valence-electron chi connectivity index (χ1n) is 5.03. The molecule has 0 aliphatic carbocycles. The fraction of sp³-hybridized carbons (Fsp3) is 0.250. The zero-order valence-corrected chi connectivity index (χ0v) is 10.6.